The van der Waals surface area contributed by atoms with E-state index in [-0.39, 0.29) is 0 Å². The second kappa shape index (κ2) is 7.10. The van der Waals surface area contributed by atoms with Gasteiger partial charge in [-0.15, -0.1) is 0 Å². The highest BCUT2D eigenvalue weighted by molar-refractivity contribution is 5.14. The van der Waals surface area contributed by atoms with Crippen molar-refractivity contribution in [3.8, 4) is 0 Å². The van der Waals surface area contributed by atoms with Gasteiger partial charge in [-0.05, 0) is 32.3 Å². The van der Waals surface area contributed by atoms with E-state index < -0.39 is 0 Å². The Morgan fingerprint density at radius 3 is 2.74 bits per heavy atom. The zero-order valence-corrected chi connectivity index (χ0v) is 11.8. The molecule has 0 saturated carbocycles. The lowest BCUT2D eigenvalue weighted by Crippen LogP contribution is -2.29. The molecule has 0 fully saturated rings. The third-order valence-corrected chi connectivity index (χ3v) is 3.48. The lowest BCUT2D eigenvalue weighted by Gasteiger charge is -2.14. The van der Waals surface area contributed by atoms with Crippen molar-refractivity contribution in [1.29, 1.82) is 0 Å². The average Bonchev–Trinajstić information content (AvgIpc) is 2.83. The fourth-order valence-corrected chi connectivity index (χ4v) is 2.20. The maximum atomic E-state index is 4.23. The van der Waals surface area contributed by atoms with Gasteiger partial charge in [-0.2, -0.15) is 0 Å². The largest absolute Gasteiger partial charge is 0.334 e. The van der Waals surface area contributed by atoms with Gasteiger partial charge in [-0.3, -0.25) is 0 Å². The van der Waals surface area contributed by atoms with Crippen LogP contribution in [-0.2, 0) is 13.0 Å². The molecule has 0 bridgehead atoms. The van der Waals surface area contributed by atoms with Gasteiger partial charge in [0, 0.05) is 31.5 Å². The molecule has 0 spiro atoms. The van der Waals surface area contributed by atoms with Crippen LogP contribution in [0.1, 0.15) is 24.7 Å². The highest BCUT2D eigenvalue weighted by atomic mass is 15.1. The van der Waals surface area contributed by atoms with E-state index in [0.717, 1.165) is 25.3 Å². The molecule has 2 aromatic rings. The van der Waals surface area contributed by atoms with Crippen molar-refractivity contribution in [2.45, 2.75) is 39.3 Å². The van der Waals surface area contributed by atoms with Crippen LogP contribution in [0.4, 0.5) is 0 Å². The van der Waals surface area contributed by atoms with Crippen molar-refractivity contribution in [3.05, 3.63) is 54.1 Å². The van der Waals surface area contributed by atoms with Crippen LogP contribution in [-0.4, -0.2) is 22.1 Å². The van der Waals surface area contributed by atoms with Crippen LogP contribution in [0.2, 0.25) is 0 Å². The summed E-state index contributed by atoms with van der Waals surface area (Å²) in [4.78, 5) is 4.23. The van der Waals surface area contributed by atoms with E-state index in [1.807, 2.05) is 19.3 Å². The summed E-state index contributed by atoms with van der Waals surface area (Å²) in [5, 5.41) is 3.57. The van der Waals surface area contributed by atoms with Crippen LogP contribution in [0.3, 0.4) is 0 Å². The Labute approximate surface area is 115 Å². The van der Waals surface area contributed by atoms with E-state index in [0.29, 0.717) is 6.04 Å². The molecule has 1 aromatic carbocycles. The Bertz CT molecular complexity index is 476. The second-order valence-electron chi connectivity index (χ2n) is 5.05. The summed E-state index contributed by atoms with van der Waals surface area (Å²) in [6, 6.07) is 11.2. The second-order valence-corrected chi connectivity index (χ2v) is 5.05. The van der Waals surface area contributed by atoms with Crippen molar-refractivity contribution in [2.24, 2.45) is 0 Å². The maximum Gasteiger partial charge on any atom is 0.105 e. The molecule has 102 valence electrons. The summed E-state index contributed by atoms with van der Waals surface area (Å²) in [6.45, 7) is 6.28. The molecule has 3 heteroatoms. The summed E-state index contributed by atoms with van der Waals surface area (Å²) >= 11 is 0. The van der Waals surface area contributed by atoms with Crippen LogP contribution in [0, 0.1) is 6.92 Å². The normalized spacial score (nSPS) is 12.5. The highest BCUT2D eigenvalue weighted by Crippen LogP contribution is 2.04. The predicted molar refractivity (Wildman–Crippen MR) is 79.2 cm³/mol. The Morgan fingerprint density at radius 1 is 1.26 bits per heavy atom. The quantitative estimate of drug-likeness (QED) is 0.826. The van der Waals surface area contributed by atoms with Crippen molar-refractivity contribution >= 4 is 0 Å². The van der Waals surface area contributed by atoms with Gasteiger partial charge in [-0.25, -0.2) is 4.98 Å². The Hall–Kier alpha value is -1.61. The predicted octanol–water partition coefficient (Wildman–Crippen LogP) is 2.80. The molecule has 0 radical (unpaired) electrons. The van der Waals surface area contributed by atoms with Crippen molar-refractivity contribution < 1.29 is 0 Å². The molecule has 1 unspecified atom stereocenters. The summed E-state index contributed by atoms with van der Waals surface area (Å²) in [5.74, 6) is 1.08. The van der Waals surface area contributed by atoms with Gasteiger partial charge in [0.05, 0.1) is 0 Å². The van der Waals surface area contributed by atoms with Crippen molar-refractivity contribution in [3.63, 3.8) is 0 Å². The maximum absolute atomic E-state index is 4.23. The molecule has 0 aliphatic rings. The molecule has 0 saturated heterocycles. The number of aryl methyl sites for hydroxylation is 2. The molecule has 3 nitrogen and oxygen atoms in total. The van der Waals surface area contributed by atoms with Crippen LogP contribution in [0.25, 0.3) is 0 Å². The Morgan fingerprint density at radius 2 is 2.05 bits per heavy atom. The number of hydrogen-bond acceptors (Lipinski definition) is 2. The SMILES string of the molecule is Cc1nccn1CCNC(C)CCc1ccccc1. The zero-order chi connectivity index (χ0) is 13.5. The standard InChI is InChI=1S/C16H23N3/c1-14(8-9-16-6-4-3-5-7-16)17-10-12-19-13-11-18-15(19)2/h3-7,11,13-14,17H,8-10,12H2,1-2H3. The van der Waals surface area contributed by atoms with Gasteiger partial charge >= 0.3 is 0 Å². The number of nitrogens with zero attached hydrogens (tertiary/aromatic N) is 2. The molecule has 2 rings (SSSR count). The first-order chi connectivity index (χ1) is 9.25. The van der Waals surface area contributed by atoms with Gasteiger partial charge in [0.1, 0.15) is 5.82 Å². The van der Waals surface area contributed by atoms with E-state index in [9.17, 15) is 0 Å². The van der Waals surface area contributed by atoms with Gasteiger partial charge in [0.15, 0.2) is 0 Å². The van der Waals surface area contributed by atoms with Crippen molar-refractivity contribution in [2.75, 3.05) is 6.54 Å². The topological polar surface area (TPSA) is 29.9 Å². The van der Waals surface area contributed by atoms with Gasteiger partial charge in [0.25, 0.3) is 0 Å². The lowest BCUT2D eigenvalue weighted by atomic mass is 10.1. The van der Waals surface area contributed by atoms with E-state index in [1.54, 1.807) is 0 Å². The van der Waals surface area contributed by atoms with Gasteiger partial charge < -0.3 is 9.88 Å². The Balaban J connectivity index is 1.65. The first-order valence-corrected chi connectivity index (χ1v) is 7.01. The number of aromatic nitrogens is 2. The number of hydrogen-bond donors (Lipinski definition) is 1. The lowest BCUT2D eigenvalue weighted by molar-refractivity contribution is 0.487. The smallest absolute Gasteiger partial charge is 0.105 e. The molecular formula is C16H23N3. The molecule has 0 amide bonds. The van der Waals surface area contributed by atoms with Crippen LogP contribution >= 0.6 is 0 Å². The third kappa shape index (κ3) is 4.52. The number of benzene rings is 1. The monoisotopic (exact) mass is 257 g/mol. The molecule has 0 aliphatic carbocycles. The summed E-state index contributed by atoms with van der Waals surface area (Å²) in [5.41, 5.74) is 1.42. The van der Waals surface area contributed by atoms with Gasteiger partial charge in [0.2, 0.25) is 0 Å². The molecule has 1 heterocycles. The van der Waals surface area contributed by atoms with E-state index in [2.05, 4.69) is 52.1 Å². The summed E-state index contributed by atoms with van der Waals surface area (Å²) in [7, 11) is 0. The average molecular weight is 257 g/mol. The summed E-state index contributed by atoms with van der Waals surface area (Å²) in [6.07, 6.45) is 6.20. The fourth-order valence-electron chi connectivity index (χ4n) is 2.20. The first-order valence-electron chi connectivity index (χ1n) is 7.01. The van der Waals surface area contributed by atoms with Crippen LogP contribution in [0.15, 0.2) is 42.7 Å². The molecule has 0 aliphatic heterocycles. The highest BCUT2D eigenvalue weighted by Gasteiger charge is 2.02. The van der Waals surface area contributed by atoms with Crippen molar-refractivity contribution in [1.82, 2.24) is 14.9 Å². The number of nitrogens with one attached hydrogen (secondary N) is 1. The molecular weight excluding hydrogens is 234 g/mol. The minimum absolute atomic E-state index is 0.545. The van der Waals surface area contributed by atoms with E-state index in [4.69, 9.17) is 0 Å². The third-order valence-electron chi connectivity index (χ3n) is 3.48. The van der Waals surface area contributed by atoms with Crippen LogP contribution in [0.5, 0.6) is 0 Å². The molecule has 1 atom stereocenters. The molecule has 1 N–H and O–H groups in total. The van der Waals surface area contributed by atoms with Crippen LogP contribution < -0.4 is 5.32 Å². The minimum atomic E-state index is 0.545. The number of rotatable bonds is 7. The molecule has 1 aromatic heterocycles. The van der Waals surface area contributed by atoms with Gasteiger partial charge in [-0.1, -0.05) is 30.3 Å². The number of imidazole rings is 1. The fraction of sp³-hybridized carbons (Fsp3) is 0.438. The van der Waals surface area contributed by atoms with E-state index in [1.165, 1.54) is 12.0 Å². The van der Waals surface area contributed by atoms with E-state index >= 15 is 0 Å². The zero-order valence-electron chi connectivity index (χ0n) is 11.8. The molecule has 19 heavy (non-hydrogen) atoms. The first kappa shape index (κ1) is 13.8. The summed E-state index contributed by atoms with van der Waals surface area (Å²) < 4.78 is 2.18. The minimum Gasteiger partial charge on any atom is -0.334 e. The Kier molecular flexibility index (Phi) is 5.16.